The molecule has 0 aromatic carbocycles. The Balaban J connectivity index is 2.58. The molecule has 2 heterocycles. The normalized spacial score (nSPS) is 18.8. The van der Waals surface area contributed by atoms with E-state index in [1.54, 1.807) is 11.5 Å². The molecule has 0 aliphatic carbocycles. The van der Waals surface area contributed by atoms with Gasteiger partial charge in [0.15, 0.2) is 0 Å². The summed E-state index contributed by atoms with van der Waals surface area (Å²) in [7, 11) is 0. The quantitative estimate of drug-likeness (QED) is 0.833. The van der Waals surface area contributed by atoms with E-state index in [-0.39, 0.29) is 17.9 Å². The standard InChI is InChI=1S/C12H16N2O3/c1-7-4-3-5-14-11(7)13-8(2)9(12(14)17)6-10(15)16/h7H,3-6H2,1-2H3,(H,15,16). The second-order valence-corrected chi connectivity index (χ2v) is 4.60. The first-order chi connectivity index (χ1) is 8.00. The van der Waals surface area contributed by atoms with Gasteiger partial charge in [-0.05, 0) is 19.8 Å². The van der Waals surface area contributed by atoms with Crippen LogP contribution in [0.1, 0.15) is 42.8 Å². The number of rotatable bonds is 2. The fraction of sp³-hybridized carbons (Fsp3) is 0.583. The van der Waals surface area contributed by atoms with E-state index >= 15 is 0 Å². The van der Waals surface area contributed by atoms with Gasteiger partial charge in [-0.3, -0.25) is 14.2 Å². The van der Waals surface area contributed by atoms with Crippen molar-refractivity contribution in [3.63, 3.8) is 0 Å². The maximum Gasteiger partial charge on any atom is 0.308 e. The highest BCUT2D eigenvalue weighted by Crippen LogP contribution is 2.23. The van der Waals surface area contributed by atoms with E-state index in [1.165, 1.54) is 0 Å². The van der Waals surface area contributed by atoms with Gasteiger partial charge >= 0.3 is 5.97 Å². The van der Waals surface area contributed by atoms with Crippen LogP contribution in [0.25, 0.3) is 0 Å². The highest BCUT2D eigenvalue weighted by atomic mass is 16.4. The maximum atomic E-state index is 12.2. The predicted molar refractivity (Wildman–Crippen MR) is 62.2 cm³/mol. The van der Waals surface area contributed by atoms with Crippen LogP contribution < -0.4 is 5.56 Å². The molecule has 17 heavy (non-hydrogen) atoms. The third-order valence-electron chi connectivity index (χ3n) is 3.29. The van der Waals surface area contributed by atoms with E-state index in [0.717, 1.165) is 18.7 Å². The third-order valence-corrected chi connectivity index (χ3v) is 3.29. The molecule has 0 saturated heterocycles. The Labute approximate surface area is 99.1 Å². The van der Waals surface area contributed by atoms with Crippen molar-refractivity contribution in [3.8, 4) is 0 Å². The molecule has 1 aliphatic rings. The van der Waals surface area contributed by atoms with Gasteiger partial charge in [0, 0.05) is 23.7 Å². The van der Waals surface area contributed by atoms with Gasteiger partial charge in [0.25, 0.3) is 5.56 Å². The molecule has 92 valence electrons. The molecule has 0 fully saturated rings. The molecule has 1 aromatic rings. The lowest BCUT2D eigenvalue weighted by molar-refractivity contribution is -0.136. The number of aryl methyl sites for hydroxylation is 1. The second kappa shape index (κ2) is 4.31. The van der Waals surface area contributed by atoms with Crippen molar-refractivity contribution in [2.45, 2.75) is 45.6 Å². The number of nitrogens with zero attached hydrogens (tertiary/aromatic N) is 2. The first kappa shape index (κ1) is 11.8. The van der Waals surface area contributed by atoms with Crippen molar-refractivity contribution in [2.24, 2.45) is 0 Å². The fourth-order valence-electron chi connectivity index (χ4n) is 2.35. The van der Waals surface area contributed by atoms with Crippen LogP contribution in [0.4, 0.5) is 0 Å². The maximum absolute atomic E-state index is 12.2. The largest absolute Gasteiger partial charge is 0.481 e. The average Bonchev–Trinajstić information content (AvgIpc) is 2.26. The summed E-state index contributed by atoms with van der Waals surface area (Å²) < 4.78 is 1.64. The highest BCUT2D eigenvalue weighted by Gasteiger charge is 2.22. The Bertz CT molecular complexity index is 519. The highest BCUT2D eigenvalue weighted by molar-refractivity contribution is 5.70. The van der Waals surface area contributed by atoms with Gasteiger partial charge in [0.2, 0.25) is 0 Å². The molecule has 0 spiro atoms. The number of fused-ring (bicyclic) bond motifs is 1. The van der Waals surface area contributed by atoms with Crippen LogP contribution >= 0.6 is 0 Å². The van der Waals surface area contributed by atoms with E-state index in [9.17, 15) is 9.59 Å². The van der Waals surface area contributed by atoms with E-state index in [2.05, 4.69) is 4.98 Å². The summed E-state index contributed by atoms with van der Waals surface area (Å²) in [6.45, 7) is 4.41. The molecular formula is C12H16N2O3. The zero-order valence-corrected chi connectivity index (χ0v) is 10.1. The molecule has 2 rings (SSSR count). The SMILES string of the molecule is Cc1nc2n(c(=O)c1CC(=O)O)CCCC2C. The topological polar surface area (TPSA) is 72.2 Å². The van der Waals surface area contributed by atoms with Gasteiger partial charge in [0.05, 0.1) is 6.42 Å². The summed E-state index contributed by atoms with van der Waals surface area (Å²) in [5.74, 6) is 0.0818. The zero-order chi connectivity index (χ0) is 12.6. The van der Waals surface area contributed by atoms with Crippen molar-refractivity contribution < 1.29 is 9.90 Å². The van der Waals surface area contributed by atoms with Crippen molar-refractivity contribution in [2.75, 3.05) is 0 Å². The first-order valence-corrected chi connectivity index (χ1v) is 5.82. The third kappa shape index (κ3) is 2.09. The minimum absolute atomic E-state index is 0.179. The lowest BCUT2D eigenvalue weighted by Gasteiger charge is -2.24. The molecule has 1 aromatic heterocycles. The lowest BCUT2D eigenvalue weighted by atomic mass is 9.99. The summed E-state index contributed by atoms with van der Waals surface area (Å²) in [5.41, 5.74) is 0.689. The Morgan fingerprint density at radius 3 is 2.94 bits per heavy atom. The van der Waals surface area contributed by atoms with Crippen molar-refractivity contribution in [1.82, 2.24) is 9.55 Å². The molecule has 1 unspecified atom stereocenters. The summed E-state index contributed by atoms with van der Waals surface area (Å²) in [6.07, 6.45) is 1.74. The number of aliphatic carboxylic acids is 1. The summed E-state index contributed by atoms with van der Waals surface area (Å²) >= 11 is 0. The van der Waals surface area contributed by atoms with Gasteiger partial charge in [-0.25, -0.2) is 4.98 Å². The molecule has 0 bridgehead atoms. The molecule has 5 heteroatoms. The van der Waals surface area contributed by atoms with Gasteiger partial charge in [0.1, 0.15) is 5.82 Å². The van der Waals surface area contributed by atoms with E-state index in [0.29, 0.717) is 17.8 Å². The Hall–Kier alpha value is -1.65. The fourth-order valence-corrected chi connectivity index (χ4v) is 2.35. The van der Waals surface area contributed by atoms with Gasteiger partial charge in [-0.15, -0.1) is 0 Å². The lowest BCUT2D eigenvalue weighted by Crippen LogP contribution is -2.33. The minimum Gasteiger partial charge on any atom is -0.481 e. The summed E-state index contributed by atoms with van der Waals surface area (Å²) in [6, 6.07) is 0. The number of carbonyl (C=O) groups is 1. The van der Waals surface area contributed by atoms with Crippen LogP contribution in [0.15, 0.2) is 4.79 Å². The molecule has 1 aliphatic heterocycles. The number of hydrogen-bond acceptors (Lipinski definition) is 3. The van der Waals surface area contributed by atoms with Gasteiger partial charge in [-0.1, -0.05) is 6.92 Å². The molecule has 0 saturated carbocycles. The zero-order valence-electron chi connectivity index (χ0n) is 10.1. The molecule has 1 N–H and O–H groups in total. The van der Waals surface area contributed by atoms with E-state index in [1.807, 2.05) is 6.92 Å². The van der Waals surface area contributed by atoms with Crippen molar-refractivity contribution in [1.29, 1.82) is 0 Å². The average molecular weight is 236 g/mol. The minimum atomic E-state index is -0.989. The summed E-state index contributed by atoms with van der Waals surface area (Å²) in [5, 5.41) is 8.80. The Morgan fingerprint density at radius 1 is 1.59 bits per heavy atom. The smallest absolute Gasteiger partial charge is 0.308 e. The number of hydrogen-bond donors (Lipinski definition) is 1. The monoisotopic (exact) mass is 236 g/mol. The van der Waals surface area contributed by atoms with E-state index < -0.39 is 5.97 Å². The molecule has 0 radical (unpaired) electrons. The summed E-state index contributed by atoms with van der Waals surface area (Å²) in [4.78, 5) is 27.3. The van der Waals surface area contributed by atoms with Crippen molar-refractivity contribution in [3.05, 3.63) is 27.4 Å². The number of aromatic nitrogens is 2. The van der Waals surface area contributed by atoms with Crippen LogP contribution in [-0.2, 0) is 17.8 Å². The molecular weight excluding hydrogens is 220 g/mol. The molecule has 5 nitrogen and oxygen atoms in total. The predicted octanol–water partition coefficient (Wildman–Crippen LogP) is 1.08. The Morgan fingerprint density at radius 2 is 2.29 bits per heavy atom. The second-order valence-electron chi connectivity index (χ2n) is 4.60. The number of carboxylic acids is 1. The van der Waals surface area contributed by atoms with Crippen LogP contribution in [0, 0.1) is 6.92 Å². The Kier molecular flexibility index (Phi) is 3.00. The first-order valence-electron chi connectivity index (χ1n) is 5.82. The van der Waals surface area contributed by atoms with Crippen LogP contribution in [-0.4, -0.2) is 20.6 Å². The molecule has 0 amide bonds. The van der Waals surface area contributed by atoms with Crippen LogP contribution in [0.5, 0.6) is 0 Å². The van der Waals surface area contributed by atoms with Gasteiger partial charge < -0.3 is 5.11 Å². The number of carboxylic acid groups (broad SMARTS) is 1. The van der Waals surface area contributed by atoms with Gasteiger partial charge in [-0.2, -0.15) is 0 Å². The van der Waals surface area contributed by atoms with Crippen molar-refractivity contribution >= 4 is 5.97 Å². The van der Waals surface area contributed by atoms with Crippen LogP contribution in [0.2, 0.25) is 0 Å². The van der Waals surface area contributed by atoms with Crippen LogP contribution in [0.3, 0.4) is 0 Å². The van der Waals surface area contributed by atoms with E-state index in [4.69, 9.17) is 5.11 Å². The molecule has 1 atom stereocenters.